The molecule has 4 nitrogen and oxygen atoms in total. The van der Waals surface area contributed by atoms with E-state index in [1.54, 1.807) is 0 Å². The summed E-state index contributed by atoms with van der Waals surface area (Å²) in [6, 6.07) is 0. The van der Waals surface area contributed by atoms with Crippen LogP contribution in [0.1, 0.15) is 55.4 Å². The summed E-state index contributed by atoms with van der Waals surface area (Å²) in [4.78, 5) is 0. The predicted molar refractivity (Wildman–Crippen MR) is 132 cm³/mol. The van der Waals surface area contributed by atoms with E-state index in [2.05, 4.69) is 76.7 Å². The first kappa shape index (κ1) is 44.7. The van der Waals surface area contributed by atoms with Crippen LogP contribution in [0.15, 0.2) is 0 Å². The van der Waals surface area contributed by atoms with Crippen molar-refractivity contribution < 1.29 is 30.4 Å². The van der Waals surface area contributed by atoms with Gasteiger partial charge >= 0.3 is 85.5 Å². The zero-order valence-corrected chi connectivity index (χ0v) is 29.8. The van der Waals surface area contributed by atoms with Crippen LogP contribution >= 0.6 is 55.1 Å². The third-order valence-electron chi connectivity index (χ3n) is 2.00. The second-order valence-electron chi connectivity index (χ2n) is 4.21. The first-order valence-electron chi connectivity index (χ1n) is 9.50. The van der Waals surface area contributed by atoms with E-state index >= 15 is 0 Å². The van der Waals surface area contributed by atoms with E-state index in [1.165, 1.54) is 0 Å². The Kier molecular flexibility index (Phi) is 91.4. The van der Waals surface area contributed by atoms with Gasteiger partial charge in [-0.3, -0.25) is 0 Å². The minimum absolute atomic E-state index is 1.09. The first-order chi connectivity index (χ1) is 13.1. The molecule has 180 valence electrons. The Bertz CT molecular complexity index is 148. The van der Waals surface area contributed by atoms with Crippen LogP contribution in [0.2, 0.25) is 0 Å². The van der Waals surface area contributed by atoms with Gasteiger partial charge in [-0.1, -0.05) is 55.4 Å². The van der Waals surface area contributed by atoms with Gasteiger partial charge in [0.05, 0.1) is 0 Å². The van der Waals surface area contributed by atoms with Gasteiger partial charge in [0.1, 0.15) is 0 Å². The van der Waals surface area contributed by atoms with Crippen molar-refractivity contribution in [2.45, 2.75) is 55.4 Å². The average molecular weight is 867 g/mol. The van der Waals surface area contributed by atoms with Gasteiger partial charge < -0.3 is 21.3 Å². The fourth-order valence-corrected chi connectivity index (χ4v) is 1.000. The van der Waals surface area contributed by atoms with Crippen molar-refractivity contribution in [2.75, 3.05) is 52.4 Å². The second-order valence-corrected chi connectivity index (χ2v) is 32.1. The molecule has 0 saturated heterocycles. The first-order valence-corrected chi connectivity index (χ1v) is 33.4. The van der Waals surface area contributed by atoms with E-state index in [0.29, 0.717) is 0 Å². The van der Waals surface area contributed by atoms with Gasteiger partial charge in [-0.2, -0.15) is 0 Å². The molecule has 0 bridgehead atoms. The Labute approximate surface area is 212 Å². The van der Waals surface area contributed by atoms with Crippen LogP contribution < -0.4 is 21.3 Å². The number of nitrogens with one attached hydrogen (secondary N) is 4. The molecule has 0 aromatic carbocycles. The molecule has 0 rings (SSSR count). The molecule has 0 aromatic heterocycles. The van der Waals surface area contributed by atoms with E-state index in [1.807, 2.05) is 0 Å². The van der Waals surface area contributed by atoms with Crippen LogP contribution in [-0.2, 0) is 30.4 Å². The summed E-state index contributed by atoms with van der Waals surface area (Å²) in [7, 11) is 30.1. The van der Waals surface area contributed by atoms with Gasteiger partial charge in [-0.05, 0) is 52.4 Å². The third kappa shape index (κ3) is 187. The SMILES string of the molecule is CCNCC.CCNCC.CCNCC.CCNCC.[Cl][Ta]([Cl])[Cl].[Cl][Ta]([Cl])[Cl]. The average Bonchev–Trinajstić information content (AvgIpc) is 2.58. The van der Waals surface area contributed by atoms with Crippen LogP contribution in [0.3, 0.4) is 0 Å². The van der Waals surface area contributed by atoms with Crippen LogP contribution in [0, 0.1) is 0 Å². The maximum atomic E-state index is 5.01. The fraction of sp³-hybridized carbons (Fsp3) is 1.00. The summed E-state index contributed by atoms with van der Waals surface area (Å²) in [5, 5.41) is 12.4. The predicted octanol–water partition coefficient (Wildman–Crippen LogP) is 6.60. The minimum atomic E-state index is -2.18. The molecule has 0 fully saturated rings. The molecule has 0 spiro atoms. The molecule has 0 aliphatic rings. The Morgan fingerprint density at radius 3 is 0.429 bits per heavy atom. The van der Waals surface area contributed by atoms with Gasteiger partial charge in [0, 0.05) is 0 Å². The number of hydrogen-bond donors (Lipinski definition) is 4. The Morgan fingerprint density at radius 2 is 0.429 bits per heavy atom. The number of hydrogen-bond acceptors (Lipinski definition) is 4. The molecule has 0 amide bonds. The van der Waals surface area contributed by atoms with Crippen LogP contribution in [-0.4, -0.2) is 52.4 Å². The van der Waals surface area contributed by atoms with Gasteiger partial charge in [0.15, 0.2) is 0 Å². The zero-order valence-electron chi connectivity index (χ0n) is 18.8. The quantitative estimate of drug-likeness (QED) is 0.223. The third-order valence-corrected chi connectivity index (χ3v) is 2.00. The molecular formula is C16H44Cl6N4Ta2. The Balaban J connectivity index is -0.0000000520. The van der Waals surface area contributed by atoms with Crippen LogP contribution in [0.25, 0.3) is 0 Å². The maximum absolute atomic E-state index is 5.01. The summed E-state index contributed by atoms with van der Waals surface area (Å²) >= 11 is -4.35. The molecule has 0 aliphatic heterocycles. The molecule has 0 aromatic rings. The summed E-state index contributed by atoms with van der Waals surface area (Å²) in [6.45, 7) is 25.6. The Hall–Kier alpha value is 3.06. The van der Waals surface area contributed by atoms with Crippen molar-refractivity contribution in [3.05, 3.63) is 0 Å². The van der Waals surface area contributed by atoms with Crippen LogP contribution in [0.4, 0.5) is 0 Å². The molecule has 12 heteroatoms. The molecule has 0 atom stereocenters. The summed E-state index contributed by atoms with van der Waals surface area (Å²) in [5.41, 5.74) is 0. The monoisotopic (exact) mass is 864 g/mol. The molecule has 0 unspecified atom stereocenters. The molecule has 0 aliphatic carbocycles. The molecule has 28 heavy (non-hydrogen) atoms. The van der Waals surface area contributed by atoms with Gasteiger partial charge in [0.25, 0.3) is 0 Å². The van der Waals surface area contributed by atoms with E-state index in [-0.39, 0.29) is 0 Å². The standard InChI is InChI=1S/4C4H11N.6ClH.2Ta/c4*1-3-5-4-2;;;;;;;;/h4*5H,3-4H2,1-2H3;6*1H;;/q;;;;;;;;;;2*+3/p-6. The summed E-state index contributed by atoms with van der Waals surface area (Å²) in [5.74, 6) is 0. The van der Waals surface area contributed by atoms with Crippen LogP contribution in [0.5, 0.6) is 0 Å². The van der Waals surface area contributed by atoms with Crippen molar-refractivity contribution in [1.82, 2.24) is 21.3 Å². The van der Waals surface area contributed by atoms with E-state index in [9.17, 15) is 0 Å². The molecule has 0 saturated carbocycles. The van der Waals surface area contributed by atoms with Crippen molar-refractivity contribution in [1.29, 1.82) is 0 Å². The van der Waals surface area contributed by atoms with E-state index in [0.717, 1.165) is 52.4 Å². The zero-order chi connectivity index (χ0) is 23.6. The van der Waals surface area contributed by atoms with Crippen molar-refractivity contribution >= 4 is 55.1 Å². The van der Waals surface area contributed by atoms with E-state index in [4.69, 9.17) is 55.1 Å². The normalized spacial score (nSPS) is 8.57. The summed E-state index contributed by atoms with van der Waals surface area (Å²) in [6.07, 6.45) is 0. The van der Waals surface area contributed by atoms with Gasteiger partial charge in [-0.15, -0.1) is 0 Å². The fourth-order valence-electron chi connectivity index (χ4n) is 1.000. The van der Waals surface area contributed by atoms with Crippen molar-refractivity contribution in [2.24, 2.45) is 0 Å². The molecule has 0 heterocycles. The second kappa shape index (κ2) is 57.2. The number of rotatable bonds is 8. The number of halogens is 6. The van der Waals surface area contributed by atoms with Crippen molar-refractivity contribution in [3.63, 3.8) is 0 Å². The molecule has 0 radical (unpaired) electrons. The van der Waals surface area contributed by atoms with Gasteiger partial charge in [0.2, 0.25) is 0 Å². The molecule has 4 N–H and O–H groups in total. The Morgan fingerprint density at radius 1 is 0.357 bits per heavy atom. The summed E-state index contributed by atoms with van der Waals surface area (Å²) < 4.78 is 0. The molecular weight excluding hydrogens is 823 g/mol. The van der Waals surface area contributed by atoms with Gasteiger partial charge in [-0.25, -0.2) is 0 Å². The van der Waals surface area contributed by atoms with Crippen molar-refractivity contribution in [3.8, 4) is 0 Å². The topological polar surface area (TPSA) is 48.1 Å². The van der Waals surface area contributed by atoms with E-state index < -0.39 is 30.4 Å².